The number of aromatic nitrogens is 1. The molecule has 0 spiro atoms. The largest absolute Gasteiger partial charge is 0.496 e. The molecule has 0 unspecified atom stereocenters. The van der Waals surface area contributed by atoms with Crippen LogP contribution < -0.4 is 10.1 Å². The number of carbonyl (C=O) groups is 1. The molecule has 0 fully saturated rings. The van der Waals surface area contributed by atoms with Gasteiger partial charge in [-0.1, -0.05) is 12.1 Å². The van der Waals surface area contributed by atoms with Crippen molar-refractivity contribution >= 4 is 11.7 Å². The van der Waals surface area contributed by atoms with E-state index in [9.17, 15) is 4.79 Å². The van der Waals surface area contributed by atoms with Crippen molar-refractivity contribution in [2.24, 2.45) is 0 Å². The Labute approximate surface area is 118 Å². The molecule has 1 N–H and O–H groups in total. The number of benzene rings is 1. The number of hydrogen-bond donors (Lipinski definition) is 1. The van der Waals surface area contributed by atoms with Gasteiger partial charge < -0.3 is 10.1 Å². The van der Waals surface area contributed by atoms with Crippen LogP contribution in [0.1, 0.15) is 16.7 Å². The van der Waals surface area contributed by atoms with Crippen molar-refractivity contribution < 1.29 is 9.53 Å². The van der Waals surface area contributed by atoms with Crippen molar-refractivity contribution in [2.45, 2.75) is 20.3 Å². The molecule has 0 bridgehead atoms. The van der Waals surface area contributed by atoms with E-state index >= 15 is 0 Å². The third-order valence-electron chi connectivity index (χ3n) is 3.18. The number of methoxy groups -OCH3 is 1. The highest BCUT2D eigenvalue weighted by Gasteiger charge is 2.11. The molecule has 0 aliphatic heterocycles. The minimum atomic E-state index is -0.106. The first-order valence-electron chi connectivity index (χ1n) is 6.45. The summed E-state index contributed by atoms with van der Waals surface area (Å²) in [7, 11) is 1.62. The van der Waals surface area contributed by atoms with E-state index in [4.69, 9.17) is 4.74 Å². The number of aryl methyl sites for hydroxylation is 2. The molecule has 104 valence electrons. The van der Waals surface area contributed by atoms with Crippen molar-refractivity contribution in [1.82, 2.24) is 4.98 Å². The van der Waals surface area contributed by atoms with Crippen LogP contribution in [-0.2, 0) is 11.2 Å². The van der Waals surface area contributed by atoms with Gasteiger partial charge in [0.1, 0.15) is 11.6 Å². The Morgan fingerprint density at radius 2 is 2.00 bits per heavy atom. The Bertz CT molecular complexity index is 609. The first-order valence-corrected chi connectivity index (χ1v) is 6.45. The van der Waals surface area contributed by atoms with Crippen LogP contribution >= 0.6 is 0 Å². The van der Waals surface area contributed by atoms with Gasteiger partial charge in [0, 0.05) is 11.8 Å². The average Bonchev–Trinajstić information content (AvgIpc) is 2.43. The molecule has 1 aromatic heterocycles. The van der Waals surface area contributed by atoms with E-state index in [2.05, 4.69) is 10.3 Å². The average molecular weight is 270 g/mol. The van der Waals surface area contributed by atoms with E-state index in [-0.39, 0.29) is 12.3 Å². The minimum absolute atomic E-state index is 0.106. The Morgan fingerprint density at radius 3 is 2.65 bits per heavy atom. The smallest absolute Gasteiger partial charge is 0.230 e. The lowest BCUT2D eigenvalue weighted by molar-refractivity contribution is -0.115. The van der Waals surface area contributed by atoms with Crippen molar-refractivity contribution in [3.63, 3.8) is 0 Å². The summed E-state index contributed by atoms with van der Waals surface area (Å²) < 4.78 is 5.34. The van der Waals surface area contributed by atoms with Crippen LogP contribution in [0.3, 0.4) is 0 Å². The molecule has 20 heavy (non-hydrogen) atoms. The van der Waals surface area contributed by atoms with Gasteiger partial charge in [-0.3, -0.25) is 4.79 Å². The summed E-state index contributed by atoms with van der Waals surface area (Å²) in [4.78, 5) is 16.1. The van der Waals surface area contributed by atoms with Gasteiger partial charge >= 0.3 is 0 Å². The van der Waals surface area contributed by atoms with E-state index in [1.165, 1.54) is 0 Å². The van der Waals surface area contributed by atoms with E-state index in [1.54, 1.807) is 19.4 Å². The second-order valence-corrected chi connectivity index (χ2v) is 4.69. The molecular weight excluding hydrogens is 252 g/mol. The molecule has 1 heterocycles. The quantitative estimate of drug-likeness (QED) is 0.929. The number of ether oxygens (including phenoxy) is 1. The third-order valence-corrected chi connectivity index (χ3v) is 3.18. The molecule has 4 heteroatoms. The third kappa shape index (κ3) is 3.35. The van der Waals surface area contributed by atoms with E-state index in [1.807, 2.05) is 38.1 Å². The van der Waals surface area contributed by atoms with Gasteiger partial charge in [0.15, 0.2) is 0 Å². The molecule has 2 rings (SSSR count). The monoisotopic (exact) mass is 270 g/mol. The van der Waals surface area contributed by atoms with Gasteiger partial charge in [-0.25, -0.2) is 4.98 Å². The minimum Gasteiger partial charge on any atom is -0.496 e. The summed E-state index contributed by atoms with van der Waals surface area (Å²) in [5.41, 5.74) is 3.17. The highest BCUT2D eigenvalue weighted by molar-refractivity contribution is 5.91. The summed E-state index contributed by atoms with van der Waals surface area (Å²) in [5, 5.41) is 2.77. The number of carbonyl (C=O) groups excluding carboxylic acids is 1. The maximum atomic E-state index is 12.0. The highest BCUT2D eigenvalue weighted by atomic mass is 16.5. The van der Waals surface area contributed by atoms with Crippen LogP contribution in [0.25, 0.3) is 0 Å². The fraction of sp³-hybridized carbons (Fsp3) is 0.250. The predicted molar refractivity (Wildman–Crippen MR) is 79.0 cm³/mol. The van der Waals surface area contributed by atoms with Gasteiger partial charge in [0.25, 0.3) is 0 Å². The summed E-state index contributed by atoms with van der Waals surface area (Å²) >= 11 is 0. The van der Waals surface area contributed by atoms with Gasteiger partial charge in [-0.15, -0.1) is 0 Å². The highest BCUT2D eigenvalue weighted by Crippen LogP contribution is 2.23. The Hall–Kier alpha value is -2.36. The summed E-state index contributed by atoms with van der Waals surface area (Å²) in [6.45, 7) is 4.05. The maximum Gasteiger partial charge on any atom is 0.230 e. The number of hydrogen-bond acceptors (Lipinski definition) is 3. The topological polar surface area (TPSA) is 51.2 Å². The number of rotatable bonds is 4. The van der Waals surface area contributed by atoms with Crippen molar-refractivity contribution in [1.29, 1.82) is 0 Å². The van der Waals surface area contributed by atoms with Crippen LogP contribution in [0.15, 0.2) is 36.5 Å². The summed E-state index contributed by atoms with van der Waals surface area (Å²) in [5.74, 6) is 1.19. The lowest BCUT2D eigenvalue weighted by Gasteiger charge is -2.11. The lowest BCUT2D eigenvalue weighted by atomic mass is 10.0. The molecule has 0 aliphatic rings. The number of amides is 1. The lowest BCUT2D eigenvalue weighted by Crippen LogP contribution is -2.15. The Balaban J connectivity index is 2.13. The van der Waals surface area contributed by atoms with Gasteiger partial charge in [-0.05, 0) is 43.2 Å². The van der Waals surface area contributed by atoms with Crippen molar-refractivity contribution in [2.75, 3.05) is 12.4 Å². The second kappa shape index (κ2) is 6.19. The fourth-order valence-corrected chi connectivity index (χ4v) is 1.97. The number of nitrogens with one attached hydrogen (secondary N) is 1. The normalized spacial score (nSPS) is 10.2. The zero-order valence-corrected chi connectivity index (χ0v) is 11.9. The number of nitrogens with zero attached hydrogens (tertiary/aromatic N) is 1. The number of pyridine rings is 1. The predicted octanol–water partition coefficient (Wildman–Crippen LogP) is 2.89. The zero-order chi connectivity index (χ0) is 14.5. The Morgan fingerprint density at radius 1 is 1.25 bits per heavy atom. The SMILES string of the molecule is COc1cc(C)c(C)cc1CC(=O)Nc1ccccn1. The first kappa shape index (κ1) is 14.1. The van der Waals surface area contributed by atoms with Gasteiger partial charge in [0.05, 0.1) is 13.5 Å². The molecule has 2 aromatic rings. The van der Waals surface area contributed by atoms with E-state index < -0.39 is 0 Å². The van der Waals surface area contributed by atoms with E-state index in [0.29, 0.717) is 5.82 Å². The first-order chi connectivity index (χ1) is 9.60. The maximum absolute atomic E-state index is 12.0. The Kier molecular flexibility index (Phi) is 4.35. The van der Waals surface area contributed by atoms with Crippen LogP contribution in [-0.4, -0.2) is 18.0 Å². The van der Waals surface area contributed by atoms with Crippen LogP contribution in [0.2, 0.25) is 0 Å². The molecular formula is C16H18N2O2. The standard InChI is InChI=1S/C16H18N2O2/c1-11-8-13(14(20-3)9-12(11)2)10-16(19)18-15-6-4-5-7-17-15/h4-9H,10H2,1-3H3,(H,17,18,19). The molecule has 0 saturated carbocycles. The molecule has 1 aromatic carbocycles. The van der Waals surface area contributed by atoms with E-state index in [0.717, 1.165) is 22.4 Å². The summed E-state index contributed by atoms with van der Waals surface area (Å²) in [6, 6.07) is 9.35. The molecule has 0 aliphatic carbocycles. The molecule has 0 saturated heterocycles. The second-order valence-electron chi connectivity index (χ2n) is 4.69. The van der Waals surface area contributed by atoms with Crippen LogP contribution in [0.5, 0.6) is 5.75 Å². The molecule has 0 radical (unpaired) electrons. The fourth-order valence-electron chi connectivity index (χ4n) is 1.97. The van der Waals surface area contributed by atoms with Crippen LogP contribution in [0, 0.1) is 13.8 Å². The van der Waals surface area contributed by atoms with Gasteiger partial charge in [0.2, 0.25) is 5.91 Å². The molecule has 0 atom stereocenters. The van der Waals surface area contributed by atoms with Crippen molar-refractivity contribution in [3.8, 4) is 5.75 Å². The van der Waals surface area contributed by atoms with Gasteiger partial charge in [-0.2, -0.15) is 0 Å². The zero-order valence-electron chi connectivity index (χ0n) is 11.9. The van der Waals surface area contributed by atoms with Crippen molar-refractivity contribution in [3.05, 3.63) is 53.2 Å². The molecule has 1 amide bonds. The summed E-state index contributed by atoms with van der Waals surface area (Å²) in [6.07, 6.45) is 1.91. The molecule has 4 nitrogen and oxygen atoms in total. The number of anilines is 1. The van der Waals surface area contributed by atoms with Crippen LogP contribution in [0.4, 0.5) is 5.82 Å².